The molecule has 0 amide bonds. The van der Waals surface area contributed by atoms with Gasteiger partial charge < -0.3 is 10.6 Å². The molecule has 0 aliphatic heterocycles. The van der Waals surface area contributed by atoms with Gasteiger partial charge in [-0.25, -0.2) is 0 Å². The maximum Gasteiger partial charge on any atom is 0.0380 e. The Balaban J connectivity index is 2.75. The highest BCUT2D eigenvalue weighted by molar-refractivity contribution is 5.47. The van der Waals surface area contributed by atoms with Crippen LogP contribution in [-0.2, 0) is 6.42 Å². The van der Waals surface area contributed by atoms with Gasteiger partial charge in [-0.2, -0.15) is 0 Å². The molecule has 0 fully saturated rings. The monoisotopic (exact) mass is 192 g/mol. The van der Waals surface area contributed by atoms with Crippen molar-refractivity contribution in [3.8, 4) is 0 Å². The number of hydrogen-bond donors (Lipinski definition) is 1. The number of rotatable bonds is 4. The summed E-state index contributed by atoms with van der Waals surface area (Å²) in [6.45, 7) is 4.99. The summed E-state index contributed by atoms with van der Waals surface area (Å²) in [6, 6.07) is 9.06. The molecule has 0 spiro atoms. The van der Waals surface area contributed by atoms with Crippen LogP contribution in [0, 0.1) is 0 Å². The van der Waals surface area contributed by atoms with Crippen molar-refractivity contribution in [2.75, 3.05) is 18.5 Å². The maximum absolute atomic E-state index is 5.62. The van der Waals surface area contributed by atoms with E-state index in [0.717, 1.165) is 6.42 Å². The maximum atomic E-state index is 5.62. The molecule has 1 atom stereocenters. The fraction of sp³-hybridized carbons (Fsp3) is 0.500. The Hall–Kier alpha value is -1.02. The van der Waals surface area contributed by atoms with Gasteiger partial charge in [0.2, 0.25) is 0 Å². The molecule has 1 unspecified atom stereocenters. The molecular formula is C12H20N2. The second-order valence-corrected chi connectivity index (χ2v) is 3.72. The Morgan fingerprint density at radius 1 is 1.29 bits per heavy atom. The minimum absolute atomic E-state index is 0.391. The van der Waals surface area contributed by atoms with E-state index in [4.69, 9.17) is 5.73 Å². The Morgan fingerprint density at radius 2 is 1.86 bits per heavy atom. The molecule has 0 aromatic heterocycles. The van der Waals surface area contributed by atoms with E-state index in [-0.39, 0.29) is 0 Å². The average Bonchev–Trinajstić information content (AvgIpc) is 2.27. The summed E-state index contributed by atoms with van der Waals surface area (Å²) in [7, 11) is 2.08. The number of nitrogens with zero attached hydrogens (tertiary/aromatic N) is 1. The van der Waals surface area contributed by atoms with Gasteiger partial charge >= 0.3 is 0 Å². The van der Waals surface area contributed by atoms with Crippen molar-refractivity contribution in [2.24, 2.45) is 5.73 Å². The van der Waals surface area contributed by atoms with Crippen LogP contribution in [0.3, 0.4) is 0 Å². The van der Waals surface area contributed by atoms with Gasteiger partial charge in [0, 0.05) is 25.3 Å². The lowest BCUT2D eigenvalue weighted by atomic mass is 10.1. The van der Waals surface area contributed by atoms with Crippen LogP contribution in [-0.4, -0.2) is 19.6 Å². The third kappa shape index (κ3) is 2.48. The van der Waals surface area contributed by atoms with Gasteiger partial charge in [0.05, 0.1) is 0 Å². The zero-order valence-electron chi connectivity index (χ0n) is 9.33. The highest BCUT2D eigenvalue weighted by atomic mass is 15.1. The van der Waals surface area contributed by atoms with E-state index in [1.165, 1.54) is 11.3 Å². The molecule has 2 N–H and O–H groups in total. The summed E-state index contributed by atoms with van der Waals surface area (Å²) in [5, 5.41) is 0. The number of likely N-dealkylation sites (N-methyl/N-ethyl adjacent to an activating group) is 1. The molecule has 1 aromatic carbocycles. The summed E-state index contributed by atoms with van der Waals surface area (Å²) in [5.41, 5.74) is 8.24. The molecule has 0 bridgehead atoms. The summed E-state index contributed by atoms with van der Waals surface area (Å²) < 4.78 is 0. The van der Waals surface area contributed by atoms with E-state index < -0.39 is 0 Å². The standard InChI is InChI=1S/C12H20N2/c1-4-11-5-7-12(8-6-11)14(3)10(2)9-13/h5-8,10H,4,9,13H2,1-3H3. The molecule has 0 saturated carbocycles. The fourth-order valence-electron chi connectivity index (χ4n) is 1.38. The van der Waals surface area contributed by atoms with Crippen LogP contribution >= 0.6 is 0 Å². The van der Waals surface area contributed by atoms with Crippen molar-refractivity contribution in [3.63, 3.8) is 0 Å². The quantitative estimate of drug-likeness (QED) is 0.791. The van der Waals surface area contributed by atoms with Crippen LogP contribution in [0.1, 0.15) is 19.4 Å². The Bertz CT molecular complexity index is 266. The second-order valence-electron chi connectivity index (χ2n) is 3.72. The second kappa shape index (κ2) is 5.01. The normalized spacial score (nSPS) is 12.6. The van der Waals surface area contributed by atoms with Crippen LogP contribution in [0.25, 0.3) is 0 Å². The highest BCUT2D eigenvalue weighted by Gasteiger charge is 2.06. The van der Waals surface area contributed by atoms with E-state index in [1.54, 1.807) is 0 Å². The predicted octanol–water partition coefficient (Wildman–Crippen LogP) is 2.03. The van der Waals surface area contributed by atoms with Gasteiger partial charge in [-0.15, -0.1) is 0 Å². The Morgan fingerprint density at radius 3 is 2.29 bits per heavy atom. The zero-order valence-corrected chi connectivity index (χ0v) is 9.33. The third-order valence-electron chi connectivity index (χ3n) is 2.75. The van der Waals surface area contributed by atoms with Gasteiger partial charge in [-0.3, -0.25) is 0 Å². The Labute approximate surface area is 86.7 Å². The van der Waals surface area contributed by atoms with Crippen molar-refractivity contribution < 1.29 is 0 Å². The SMILES string of the molecule is CCc1ccc(N(C)C(C)CN)cc1. The summed E-state index contributed by atoms with van der Waals surface area (Å²) >= 11 is 0. The number of aryl methyl sites for hydroxylation is 1. The third-order valence-corrected chi connectivity index (χ3v) is 2.75. The fourth-order valence-corrected chi connectivity index (χ4v) is 1.38. The first kappa shape index (κ1) is 11.1. The van der Waals surface area contributed by atoms with E-state index in [2.05, 4.69) is 50.1 Å². The van der Waals surface area contributed by atoms with Gasteiger partial charge in [0.15, 0.2) is 0 Å². The van der Waals surface area contributed by atoms with Crippen LogP contribution in [0.15, 0.2) is 24.3 Å². The molecule has 0 radical (unpaired) electrons. The zero-order chi connectivity index (χ0) is 10.6. The molecule has 0 saturated heterocycles. The first-order chi connectivity index (χ1) is 6.69. The van der Waals surface area contributed by atoms with Gasteiger partial charge in [0.25, 0.3) is 0 Å². The molecule has 78 valence electrons. The lowest BCUT2D eigenvalue weighted by Gasteiger charge is -2.25. The van der Waals surface area contributed by atoms with Gasteiger partial charge in [-0.05, 0) is 31.0 Å². The summed E-state index contributed by atoms with van der Waals surface area (Å²) in [5.74, 6) is 0. The van der Waals surface area contributed by atoms with E-state index in [0.29, 0.717) is 12.6 Å². The highest BCUT2D eigenvalue weighted by Crippen LogP contribution is 2.15. The first-order valence-electron chi connectivity index (χ1n) is 5.20. The van der Waals surface area contributed by atoms with Crippen molar-refractivity contribution in [1.29, 1.82) is 0 Å². The van der Waals surface area contributed by atoms with Crippen LogP contribution < -0.4 is 10.6 Å². The molecule has 0 aliphatic carbocycles. The number of anilines is 1. The first-order valence-corrected chi connectivity index (χ1v) is 5.20. The average molecular weight is 192 g/mol. The lowest BCUT2D eigenvalue weighted by molar-refractivity contribution is 0.695. The lowest BCUT2D eigenvalue weighted by Crippen LogP contribution is -2.35. The van der Waals surface area contributed by atoms with Crippen molar-refractivity contribution in [3.05, 3.63) is 29.8 Å². The number of nitrogens with two attached hydrogens (primary N) is 1. The van der Waals surface area contributed by atoms with Crippen molar-refractivity contribution in [1.82, 2.24) is 0 Å². The van der Waals surface area contributed by atoms with Crippen molar-refractivity contribution >= 4 is 5.69 Å². The van der Waals surface area contributed by atoms with Crippen LogP contribution in [0.4, 0.5) is 5.69 Å². The van der Waals surface area contributed by atoms with E-state index >= 15 is 0 Å². The smallest absolute Gasteiger partial charge is 0.0380 e. The van der Waals surface area contributed by atoms with Gasteiger partial charge in [-0.1, -0.05) is 19.1 Å². The molecule has 1 aromatic rings. The molecule has 2 nitrogen and oxygen atoms in total. The number of benzene rings is 1. The predicted molar refractivity (Wildman–Crippen MR) is 62.7 cm³/mol. The minimum Gasteiger partial charge on any atom is -0.371 e. The van der Waals surface area contributed by atoms with Gasteiger partial charge in [0.1, 0.15) is 0 Å². The summed E-state index contributed by atoms with van der Waals surface area (Å²) in [4.78, 5) is 2.21. The van der Waals surface area contributed by atoms with Crippen LogP contribution in [0.2, 0.25) is 0 Å². The molecule has 0 heterocycles. The molecule has 1 rings (SSSR count). The Kier molecular flexibility index (Phi) is 3.96. The topological polar surface area (TPSA) is 29.3 Å². The largest absolute Gasteiger partial charge is 0.371 e. The van der Waals surface area contributed by atoms with E-state index in [9.17, 15) is 0 Å². The molecule has 14 heavy (non-hydrogen) atoms. The minimum atomic E-state index is 0.391. The van der Waals surface area contributed by atoms with E-state index in [1.807, 2.05) is 0 Å². The van der Waals surface area contributed by atoms with Crippen molar-refractivity contribution in [2.45, 2.75) is 26.3 Å². The summed E-state index contributed by atoms with van der Waals surface area (Å²) in [6.07, 6.45) is 1.09. The molecule has 2 heteroatoms. The molecular weight excluding hydrogens is 172 g/mol. The molecule has 0 aliphatic rings. The van der Waals surface area contributed by atoms with Crippen LogP contribution in [0.5, 0.6) is 0 Å². The number of hydrogen-bond acceptors (Lipinski definition) is 2.